The summed E-state index contributed by atoms with van der Waals surface area (Å²) < 4.78 is 0. The maximum absolute atomic E-state index is 8.85. The molecule has 0 bridgehead atoms. The zero-order chi connectivity index (χ0) is 11.5. The van der Waals surface area contributed by atoms with E-state index < -0.39 is 0 Å². The molecule has 84 valence electrons. The van der Waals surface area contributed by atoms with Crippen LogP contribution in [0.3, 0.4) is 0 Å². The normalized spacial score (nSPS) is 21.8. The van der Waals surface area contributed by atoms with Gasteiger partial charge in [0.2, 0.25) is 0 Å². The second kappa shape index (κ2) is 4.50. The van der Waals surface area contributed by atoms with Crippen molar-refractivity contribution in [3.63, 3.8) is 0 Å². The molecule has 0 saturated carbocycles. The molecule has 2 rings (SSSR count). The minimum absolute atomic E-state index is 0.529. The van der Waals surface area contributed by atoms with Gasteiger partial charge in [-0.25, -0.2) is 4.98 Å². The fraction of sp³-hybridized carbons (Fsp3) is 0.500. The summed E-state index contributed by atoms with van der Waals surface area (Å²) in [7, 11) is 2.14. The molecule has 0 spiro atoms. The van der Waals surface area contributed by atoms with Crippen molar-refractivity contribution in [2.45, 2.75) is 13.0 Å². The molecule has 0 N–H and O–H groups in total. The molecule has 1 aliphatic rings. The van der Waals surface area contributed by atoms with E-state index in [-0.39, 0.29) is 0 Å². The van der Waals surface area contributed by atoms with E-state index in [4.69, 9.17) is 5.26 Å². The SMILES string of the molecule is CC1CN(c2cc(C#N)ccn2)CCN1C. The molecule has 1 unspecified atom stereocenters. The lowest BCUT2D eigenvalue weighted by Gasteiger charge is -2.38. The molecular weight excluding hydrogens is 200 g/mol. The Hall–Kier alpha value is -1.60. The van der Waals surface area contributed by atoms with Crippen LogP contribution in [0.2, 0.25) is 0 Å². The van der Waals surface area contributed by atoms with Crippen LogP contribution in [-0.2, 0) is 0 Å². The van der Waals surface area contributed by atoms with Crippen LogP contribution >= 0.6 is 0 Å². The zero-order valence-corrected chi connectivity index (χ0v) is 9.72. The monoisotopic (exact) mass is 216 g/mol. The summed E-state index contributed by atoms with van der Waals surface area (Å²) >= 11 is 0. The minimum Gasteiger partial charge on any atom is -0.354 e. The lowest BCUT2D eigenvalue weighted by molar-refractivity contribution is 0.233. The van der Waals surface area contributed by atoms with E-state index in [1.807, 2.05) is 6.07 Å². The molecule has 1 atom stereocenters. The Morgan fingerprint density at radius 2 is 2.31 bits per heavy atom. The van der Waals surface area contributed by atoms with Gasteiger partial charge in [-0.05, 0) is 26.1 Å². The van der Waals surface area contributed by atoms with Gasteiger partial charge in [-0.15, -0.1) is 0 Å². The number of piperazine rings is 1. The second-order valence-electron chi connectivity index (χ2n) is 4.29. The van der Waals surface area contributed by atoms with Crippen molar-refractivity contribution in [3.8, 4) is 6.07 Å². The van der Waals surface area contributed by atoms with Gasteiger partial charge in [-0.2, -0.15) is 5.26 Å². The van der Waals surface area contributed by atoms with E-state index in [2.05, 4.69) is 34.8 Å². The number of likely N-dealkylation sites (N-methyl/N-ethyl adjacent to an activating group) is 1. The van der Waals surface area contributed by atoms with Crippen LogP contribution in [0.25, 0.3) is 0 Å². The number of anilines is 1. The average Bonchev–Trinajstić information content (AvgIpc) is 2.33. The molecule has 0 aromatic carbocycles. The Bertz CT molecular complexity index is 410. The number of nitriles is 1. The lowest BCUT2D eigenvalue weighted by atomic mass is 10.2. The highest BCUT2D eigenvalue weighted by atomic mass is 15.3. The van der Waals surface area contributed by atoms with Crippen molar-refractivity contribution < 1.29 is 0 Å². The number of nitrogens with zero attached hydrogens (tertiary/aromatic N) is 4. The predicted octanol–water partition coefficient (Wildman–Crippen LogP) is 1.09. The topological polar surface area (TPSA) is 43.2 Å². The Morgan fingerprint density at radius 1 is 1.50 bits per heavy atom. The summed E-state index contributed by atoms with van der Waals surface area (Å²) in [6, 6.07) is 6.28. The highest BCUT2D eigenvalue weighted by Crippen LogP contribution is 2.16. The largest absolute Gasteiger partial charge is 0.354 e. The third-order valence-electron chi connectivity index (χ3n) is 3.16. The molecule has 1 saturated heterocycles. The fourth-order valence-electron chi connectivity index (χ4n) is 1.92. The second-order valence-corrected chi connectivity index (χ2v) is 4.29. The Labute approximate surface area is 96.1 Å². The van der Waals surface area contributed by atoms with E-state index in [9.17, 15) is 0 Å². The molecule has 16 heavy (non-hydrogen) atoms. The summed E-state index contributed by atoms with van der Waals surface area (Å²) in [5, 5.41) is 8.85. The van der Waals surface area contributed by atoms with Crippen molar-refractivity contribution in [2.75, 3.05) is 31.6 Å². The predicted molar refractivity (Wildman–Crippen MR) is 63.3 cm³/mol. The Morgan fingerprint density at radius 3 is 3.00 bits per heavy atom. The van der Waals surface area contributed by atoms with Gasteiger partial charge in [0.25, 0.3) is 0 Å². The van der Waals surface area contributed by atoms with E-state index in [1.54, 1.807) is 12.3 Å². The summed E-state index contributed by atoms with van der Waals surface area (Å²) in [6.45, 7) is 5.20. The summed E-state index contributed by atoms with van der Waals surface area (Å²) in [5.41, 5.74) is 0.677. The number of hydrogen-bond acceptors (Lipinski definition) is 4. The first kappa shape index (κ1) is 10.9. The van der Waals surface area contributed by atoms with Crippen LogP contribution < -0.4 is 4.90 Å². The first-order valence-corrected chi connectivity index (χ1v) is 5.52. The standard InChI is InChI=1S/C12H16N4/c1-10-9-16(6-5-15(10)2)12-7-11(8-13)3-4-14-12/h3-4,7,10H,5-6,9H2,1-2H3. The van der Waals surface area contributed by atoms with Crippen LogP contribution in [0.4, 0.5) is 5.82 Å². The summed E-state index contributed by atoms with van der Waals surface area (Å²) in [5.74, 6) is 0.916. The molecule has 2 heterocycles. The highest BCUT2D eigenvalue weighted by molar-refractivity contribution is 5.45. The fourth-order valence-corrected chi connectivity index (χ4v) is 1.92. The van der Waals surface area contributed by atoms with E-state index in [0.29, 0.717) is 11.6 Å². The van der Waals surface area contributed by atoms with Crippen LogP contribution in [0.15, 0.2) is 18.3 Å². The van der Waals surface area contributed by atoms with Crippen LogP contribution in [0.5, 0.6) is 0 Å². The third-order valence-corrected chi connectivity index (χ3v) is 3.16. The Kier molecular flexibility index (Phi) is 3.07. The van der Waals surface area contributed by atoms with Gasteiger partial charge in [0.1, 0.15) is 5.82 Å². The van der Waals surface area contributed by atoms with Crippen molar-refractivity contribution in [3.05, 3.63) is 23.9 Å². The first-order chi connectivity index (χ1) is 7.70. The molecule has 1 aliphatic heterocycles. The van der Waals surface area contributed by atoms with Crippen LogP contribution in [0, 0.1) is 11.3 Å². The third kappa shape index (κ3) is 2.15. The van der Waals surface area contributed by atoms with Crippen molar-refractivity contribution in [1.82, 2.24) is 9.88 Å². The van der Waals surface area contributed by atoms with E-state index >= 15 is 0 Å². The number of aromatic nitrogens is 1. The molecule has 4 heteroatoms. The van der Waals surface area contributed by atoms with Gasteiger partial charge >= 0.3 is 0 Å². The molecule has 1 aromatic heterocycles. The molecular formula is C12H16N4. The van der Waals surface area contributed by atoms with Gasteiger partial charge < -0.3 is 9.80 Å². The number of hydrogen-bond donors (Lipinski definition) is 0. The van der Waals surface area contributed by atoms with Gasteiger partial charge in [0.05, 0.1) is 11.6 Å². The smallest absolute Gasteiger partial charge is 0.129 e. The number of rotatable bonds is 1. The van der Waals surface area contributed by atoms with Gasteiger partial charge in [-0.1, -0.05) is 0 Å². The summed E-state index contributed by atoms with van der Waals surface area (Å²) in [6.07, 6.45) is 1.71. The van der Waals surface area contributed by atoms with E-state index in [1.165, 1.54) is 0 Å². The first-order valence-electron chi connectivity index (χ1n) is 5.52. The zero-order valence-electron chi connectivity index (χ0n) is 9.72. The molecule has 1 fully saturated rings. The molecule has 0 amide bonds. The van der Waals surface area contributed by atoms with Crippen molar-refractivity contribution in [2.24, 2.45) is 0 Å². The Balaban J connectivity index is 2.16. The minimum atomic E-state index is 0.529. The van der Waals surface area contributed by atoms with Crippen molar-refractivity contribution in [1.29, 1.82) is 5.26 Å². The quantitative estimate of drug-likeness (QED) is 0.705. The van der Waals surface area contributed by atoms with E-state index in [0.717, 1.165) is 25.5 Å². The van der Waals surface area contributed by atoms with Gasteiger partial charge in [0, 0.05) is 31.9 Å². The summed E-state index contributed by atoms with van der Waals surface area (Å²) in [4.78, 5) is 8.91. The molecule has 1 aromatic rings. The van der Waals surface area contributed by atoms with Crippen LogP contribution in [-0.4, -0.2) is 42.6 Å². The van der Waals surface area contributed by atoms with Crippen LogP contribution in [0.1, 0.15) is 12.5 Å². The lowest BCUT2D eigenvalue weighted by Crippen LogP contribution is -2.50. The molecule has 0 radical (unpaired) electrons. The van der Waals surface area contributed by atoms with Gasteiger partial charge in [0.15, 0.2) is 0 Å². The highest BCUT2D eigenvalue weighted by Gasteiger charge is 2.21. The average molecular weight is 216 g/mol. The molecule has 4 nitrogen and oxygen atoms in total. The molecule has 0 aliphatic carbocycles. The van der Waals surface area contributed by atoms with Gasteiger partial charge in [-0.3, -0.25) is 0 Å². The maximum atomic E-state index is 8.85. The van der Waals surface area contributed by atoms with Crippen molar-refractivity contribution >= 4 is 5.82 Å². The maximum Gasteiger partial charge on any atom is 0.129 e. The number of pyridine rings is 1.